The number of fused-ring (bicyclic) bond motifs is 2. The first kappa shape index (κ1) is 13.1. The quantitative estimate of drug-likeness (QED) is 0.886. The summed E-state index contributed by atoms with van der Waals surface area (Å²) >= 11 is 0. The van der Waals surface area contributed by atoms with Gasteiger partial charge in [-0.25, -0.2) is 4.79 Å². The van der Waals surface area contributed by atoms with Gasteiger partial charge in [-0.05, 0) is 49.9 Å². The highest BCUT2D eigenvalue weighted by Gasteiger charge is 2.44. The largest absolute Gasteiger partial charge is 0.478 e. The SMILES string of the molecule is Cc1cc(NC(=O)C2CC3CCC2O3)ccc1C(=O)O. The summed E-state index contributed by atoms with van der Waals surface area (Å²) in [6.45, 7) is 1.72. The highest BCUT2D eigenvalue weighted by molar-refractivity contribution is 5.95. The molecule has 5 heteroatoms. The standard InChI is InChI=1S/C15H17NO4/c1-8-6-9(2-4-11(8)15(18)19)16-14(17)12-7-10-3-5-13(12)20-10/h2,4,6,10,12-13H,3,5,7H2,1H3,(H,16,17)(H,18,19). The summed E-state index contributed by atoms with van der Waals surface area (Å²) in [5.41, 5.74) is 1.53. The van der Waals surface area contributed by atoms with Crippen LogP contribution in [0.2, 0.25) is 0 Å². The van der Waals surface area contributed by atoms with Crippen LogP contribution in [0.25, 0.3) is 0 Å². The molecule has 1 amide bonds. The summed E-state index contributed by atoms with van der Waals surface area (Å²) in [6, 6.07) is 4.84. The summed E-state index contributed by atoms with van der Waals surface area (Å²) in [6.07, 6.45) is 3.11. The molecule has 3 rings (SSSR count). The van der Waals surface area contributed by atoms with Gasteiger partial charge < -0.3 is 15.2 Å². The monoisotopic (exact) mass is 275 g/mol. The van der Waals surface area contributed by atoms with Crippen molar-refractivity contribution in [3.63, 3.8) is 0 Å². The Morgan fingerprint density at radius 3 is 2.70 bits per heavy atom. The number of nitrogens with one attached hydrogen (secondary N) is 1. The molecule has 2 bridgehead atoms. The third kappa shape index (κ3) is 2.29. The van der Waals surface area contributed by atoms with Crippen LogP contribution < -0.4 is 5.32 Å². The van der Waals surface area contributed by atoms with Gasteiger partial charge in [0, 0.05) is 5.69 Å². The molecule has 5 nitrogen and oxygen atoms in total. The van der Waals surface area contributed by atoms with Crippen molar-refractivity contribution in [1.82, 2.24) is 0 Å². The van der Waals surface area contributed by atoms with Crippen molar-refractivity contribution in [2.75, 3.05) is 5.32 Å². The number of aryl methyl sites for hydroxylation is 1. The number of aromatic carboxylic acids is 1. The molecule has 2 aliphatic heterocycles. The number of rotatable bonds is 3. The zero-order chi connectivity index (χ0) is 14.3. The number of carbonyl (C=O) groups excluding carboxylic acids is 1. The van der Waals surface area contributed by atoms with Gasteiger partial charge in [-0.3, -0.25) is 4.79 Å². The van der Waals surface area contributed by atoms with Crippen LogP contribution in [-0.4, -0.2) is 29.2 Å². The van der Waals surface area contributed by atoms with Gasteiger partial charge in [-0.2, -0.15) is 0 Å². The van der Waals surface area contributed by atoms with Crippen LogP contribution in [0.5, 0.6) is 0 Å². The maximum atomic E-state index is 12.2. The zero-order valence-corrected chi connectivity index (χ0v) is 11.3. The Morgan fingerprint density at radius 2 is 2.15 bits per heavy atom. The lowest BCUT2D eigenvalue weighted by atomic mass is 9.88. The van der Waals surface area contributed by atoms with Crippen LogP contribution in [0, 0.1) is 12.8 Å². The lowest BCUT2D eigenvalue weighted by Crippen LogP contribution is -2.30. The normalized spacial score (nSPS) is 27.6. The van der Waals surface area contributed by atoms with Gasteiger partial charge in [0.1, 0.15) is 0 Å². The smallest absolute Gasteiger partial charge is 0.335 e. The molecule has 0 radical (unpaired) electrons. The van der Waals surface area contributed by atoms with E-state index in [0.29, 0.717) is 11.3 Å². The minimum absolute atomic E-state index is 0.0281. The van der Waals surface area contributed by atoms with E-state index in [-0.39, 0.29) is 29.6 Å². The number of hydrogen-bond donors (Lipinski definition) is 2. The van der Waals surface area contributed by atoms with Crippen molar-refractivity contribution in [3.05, 3.63) is 29.3 Å². The summed E-state index contributed by atoms with van der Waals surface area (Å²) in [4.78, 5) is 23.2. The summed E-state index contributed by atoms with van der Waals surface area (Å²) in [5, 5.41) is 11.8. The van der Waals surface area contributed by atoms with E-state index in [1.807, 2.05) is 0 Å². The Morgan fingerprint density at radius 1 is 1.35 bits per heavy atom. The lowest BCUT2D eigenvalue weighted by molar-refractivity contribution is -0.121. The predicted molar refractivity (Wildman–Crippen MR) is 72.8 cm³/mol. The fourth-order valence-electron chi connectivity index (χ4n) is 3.13. The number of hydrogen-bond acceptors (Lipinski definition) is 3. The summed E-state index contributed by atoms with van der Waals surface area (Å²) in [7, 11) is 0. The van der Waals surface area contributed by atoms with Gasteiger partial charge in [0.2, 0.25) is 5.91 Å². The van der Waals surface area contributed by atoms with E-state index in [4.69, 9.17) is 9.84 Å². The Hall–Kier alpha value is -1.88. The van der Waals surface area contributed by atoms with Crippen LogP contribution in [-0.2, 0) is 9.53 Å². The molecular weight excluding hydrogens is 258 g/mol. The molecule has 2 heterocycles. The number of carboxylic acids is 1. The van der Waals surface area contributed by atoms with E-state index in [2.05, 4.69) is 5.32 Å². The number of amides is 1. The average molecular weight is 275 g/mol. The maximum absolute atomic E-state index is 12.2. The van der Waals surface area contributed by atoms with Crippen molar-refractivity contribution in [2.24, 2.45) is 5.92 Å². The molecule has 1 aromatic rings. The molecule has 1 aromatic carbocycles. The highest BCUT2D eigenvalue weighted by Crippen LogP contribution is 2.39. The van der Waals surface area contributed by atoms with Crippen LogP contribution in [0.3, 0.4) is 0 Å². The Labute approximate surface area is 116 Å². The first-order valence-corrected chi connectivity index (χ1v) is 6.85. The predicted octanol–water partition coefficient (Wildman–Crippen LogP) is 2.20. The van der Waals surface area contributed by atoms with E-state index >= 15 is 0 Å². The topological polar surface area (TPSA) is 75.6 Å². The third-order valence-electron chi connectivity index (χ3n) is 4.17. The lowest BCUT2D eigenvalue weighted by Gasteiger charge is -2.18. The van der Waals surface area contributed by atoms with Gasteiger partial charge in [-0.15, -0.1) is 0 Å². The minimum atomic E-state index is -0.957. The van der Waals surface area contributed by atoms with E-state index in [1.54, 1.807) is 19.1 Å². The van der Waals surface area contributed by atoms with Crippen LogP contribution in [0.4, 0.5) is 5.69 Å². The summed E-state index contributed by atoms with van der Waals surface area (Å²) < 4.78 is 5.68. The van der Waals surface area contributed by atoms with E-state index < -0.39 is 5.97 Å². The molecule has 2 saturated heterocycles. The van der Waals surface area contributed by atoms with Gasteiger partial charge in [0.15, 0.2) is 0 Å². The molecule has 20 heavy (non-hydrogen) atoms. The number of ether oxygens (including phenoxy) is 1. The molecule has 0 saturated carbocycles. The number of benzene rings is 1. The second kappa shape index (κ2) is 4.90. The van der Waals surface area contributed by atoms with Crippen LogP contribution >= 0.6 is 0 Å². The first-order chi connectivity index (χ1) is 9.54. The molecule has 2 fully saturated rings. The van der Waals surface area contributed by atoms with E-state index in [0.717, 1.165) is 19.3 Å². The molecule has 0 spiro atoms. The second-order valence-electron chi connectivity index (χ2n) is 5.54. The highest BCUT2D eigenvalue weighted by atomic mass is 16.5. The Bertz CT molecular complexity index is 569. The van der Waals surface area contributed by atoms with E-state index in [1.165, 1.54) is 6.07 Å². The molecule has 0 aliphatic carbocycles. The molecular formula is C15H17NO4. The van der Waals surface area contributed by atoms with Crippen molar-refractivity contribution in [2.45, 2.75) is 38.4 Å². The van der Waals surface area contributed by atoms with Crippen molar-refractivity contribution in [3.8, 4) is 0 Å². The van der Waals surface area contributed by atoms with Crippen molar-refractivity contribution < 1.29 is 19.4 Å². The average Bonchev–Trinajstić information content (AvgIpc) is 3.00. The molecule has 106 valence electrons. The van der Waals surface area contributed by atoms with Gasteiger partial charge in [0.05, 0.1) is 23.7 Å². The fourth-order valence-corrected chi connectivity index (χ4v) is 3.13. The molecule has 0 aromatic heterocycles. The number of carboxylic acid groups (broad SMARTS) is 1. The zero-order valence-electron chi connectivity index (χ0n) is 11.3. The number of anilines is 1. The maximum Gasteiger partial charge on any atom is 0.335 e. The number of carbonyl (C=O) groups is 2. The Kier molecular flexibility index (Phi) is 3.22. The van der Waals surface area contributed by atoms with Crippen molar-refractivity contribution >= 4 is 17.6 Å². The minimum Gasteiger partial charge on any atom is -0.478 e. The summed E-state index contributed by atoms with van der Waals surface area (Å²) in [5.74, 6) is -1.06. The van der Waals surface area contributed by atoms with Gasteiger partial charge >= 0.3 is 5.97 Å². The van der Waals surface area contributed by atoms with Crippen LogP contribution in [0.15, 0.2) is 18.2 Å². The fraction of sp³-hybridized carbons (Fsp3) is 0.467. The molecule has 3 atom stereocenters. The van der Waals surface area contributed by atoms with Crippen LogP contribution in [0.1, 0.15) is 35.2 Å². The third-order valence-corrected chi connectivity index (χ3v) is 4.17. The van der Waals surface area contributed by atoms with Crippen molar-refractivity contribution in [1.29, 1.82) is 0 Å². The first-order valence-electron chi connectivity index (χ1n) is 6.85. The van der Waals surface area contributed by atoms with Gasteiger partial charge in [-0.1, -0.05) is 0 Å². The second-order valence-corrected chi connectivity index (χ2v) is 5.54. The molecule has 2 aliphatic rings. The van der Waals surface area contributed by atoms with E-state index in [9.17, 15) is 9.59 Å². The molecule has 2 N–H and O–H groups in total. The Balaban J connectivity index is 1.70. The van der Waals surface area contributed by atoms with Gasteiger partial charge in [0.25, 0.3) is 0 Å². The molecule has 3 unspecified atom stereocenters.